The van der Waals surface area contributed by atoms with E-state index < -0.39 is 11.9 Å². The highest BCUT2D eigenvalue weighted by Gasteiger charge is 2.25. The Morgan fingerprint density at radius 3 is 2.81 bits per heavy atom. The average molecular weight is 374 g/mol. The van der Waals surface area contributed by atoms with E-state index in [4.69, 9.17) is 18.9 Å². The molecular weight excluding hydrogens is 352 g/mol. The molecule has 1 aliphatic rings. The maximum atomic E-state index is 12.1. The molecule has 0 unspecified atom stereocenters. The van der Waals surface area contributed by atoms with Gasteiger partial charge in [0.15, 0.2) is 5.75 Å². The Morgan fingerprint density at radius 1 is 1.44 bits per heavy atom. The van der Waals surface area contributed by atoms with Crippen molar-refractivity contribution in [2.45, 2.75) is 32.6 Å². The van der Waals surface area contributed by atoms with Crippen molar-refractivity contribution in [2.24, 2.45) is 0 Å². The Morgan fingerprint density at radius 2 is 2.22 bits per heavy atom. The van der Waals surface area contributed by atoms with E-state index in [1.165, 1.54) is 14.0 Å². The lowest BCUT2D eigenvalue weighted by Gasteiger charge is -2.27. The van der Waals surface area contributed by atoms with Crippen molar-refractivity contribution in [3.63, 3.8) is 0 Å². The van der Waals surface area contributed by atoms with Gasteiger partial charge < -0.3 is 23.5 Å². The van der Waals surface area contributed by atoms with Gasteiger partial charge in [0.2, 0.25) is 0 Å². The van der Waals surface area contributed by atoms with E-state index >= 15 is 0 Å². The second kappa shape index (κ2) is 8.22. The number of ether oxygens (including phenoxy) is 4. The molecule has 1 aromatic carbocycles. The summed E-state index contributed by atoms with van der Waals surface area (Å²) in [5.74, 6) is -0.0426. The summed E-state index contributed by atoms with van der Waals surface area (Å²) in [6.45, 7) is 6.52. The van der Waals surface area contributed by atoms with Crippen LogP contribution in [0.1, 0.15) is 29.5 Å². The first-order valence-corrected chi connectivity index (χ1v) is 8.64. The highest BCUT2D eigenvalue weighted by atomic mass is 16.5. The van der Waals surface area contributed by atoms with Crippen LogP contribution in [0.25, 0.3) is 11.0 Å². The van der Waals surface area contributed by atoms with Gasteiger partial charge >= 0.3 is 11.9 Å². The smallest absolute Gasteiger partial charge is 0.341 e. The Labute approximate surface area is 156 Å². The van der Waals surface area contributed by atoms with Crippen LogP contribution in [0.4, 0.5) is 0 Å². The zero-order valence-electron chi connectivity index (χ0n) is 15.4. The molecule has 0 spiro atoms. The third kappa shape index (κ3) is 3.95. The minimum atomic E-state index is -0.519. The number of carbonyl (C=O) groups is 2. The second-order valence-electron chi connectivity index (χ2n) is 6.10. The van der Waals surface area contributed by atoms with Crippen molar-refractivity contribution in [1.82, 2.24) is 9.55 Å². The van der Waals surface area contributed by atoms with Crippen LogP contribution in [0.2, 0.25) is 0 Å². The van der Waals surface area contributed by atoms with E-state index in [9.17, 15) is 9.59 Å². The molecule has 3 rings (SSSR count). The summed E-state index contributed by atoms with van der Waals surface area (Å²) >= 11 is 0. The highest BCUT2D eigenvalue weighted by molar-refractivity contribution is 5.99. The van der Waals surface area contributed by atoms with Crippen molar-refractivity contribution < 1.29 is 28.5 Å². The van der Waals surface area contributed by atoms with E-state index in [1.807, 2.05) is 4.57 Å². The number of benzene rings is 1. The van der Waals surface area contributed by atoms with Gasteiger partial charge in [0.25, 0.3) is 0 Å². The molecule has 0 N–H and O–H groups in total. The molecule has 1 aromatic heterocycles. The number of fused-ring (bicyclic) bond motifs is 1. The Bertz CT molecular complexity index is 869. The molecule has 1 aliphatic heterocycles. The van der Waals surface area contributed by atoms with Crippen molar-refractivity contribution in [1.29, 1.82) is 0 Å². The molecule has 1 atom stereocenters. The maximum Gasteiger partial charge on any atom is 0.341 e. The fourth-order valence-corrected chi connectivity index (χ4v) is 2.89. The number of carbonyl (C=O) groups excluding carboxylic acids is 2. The first-order valence-electron chi connectivity index (χ1n) is 8.64. The number of hydrogen-bond acceptors (Lipinski definition) is 7. The first kappa shape index (κ1) is 18.9. The molecule has 1 fully saturated rings. The van der Waals surface area contributed by atoms with Gasteiger partial charge in [-0.1, -0.05) is 12.7 Å². The molecular formula is C19H22N2O6. The van der Waals surface area contributed by atoms with Gasteiger partial charge in [-0.2, -0.15) is 0 Å². The van der Waals surface area contributed by atoms with Crippen LogP contribution >= 0.6 is 0 Å². The van der Waals surface area contributed by atoms with Gasteiger partial charge in [0, 0.05) is 13.5 Å². The maximum absolute atomic E-state index is 12.1. The van der Waals surface area contributed by atoms with Crippen LogP contribution < -0.4 is 4.74 Å². The van der Waals surface area contributed by atoms with Crippen LogP contribution in [0.5, 0.6) is 5.75 Å². The summed E-state index contributed by atoms with van der Waals surface area (Å²) in [5, 5.41) is 0. The number of imidazole rings is 1. The quantitative estimate of drug-likeness (QED) is 0.517. The molecule has 8 heteroatoms. The second-order valence-corrected chi connectivity index (χ2v) is 6.10. The van der Waals surface area contributed by atoms with Gasteiger partial charge in [0.1, 0.15) is 30.1 Å². The Kier molecular flexibility index (Phi) is 5.75. The van der Waals surface area contributed by atoms with E-state index in [-0.39, 0.29) is 24.9 Å². The van der Waals surface area contributed by atoms with E-state index in [0.29, 0.717) is 23.6 Å². The van der Waals surface area contributed by atoms with Gasteiger partial charge in [-0.25, -0.2) is 9.78 Å². The van der Waals surface area contributed by atoms with Crippen molar-refractivity contribution in [3.8, 4) is 5.75 Å². The summed E-state index contributed by atoms with van der Waals surface area (Å²) in [5.41, 5.74) is 1.54. The minimum Gasteiger partial charge on any atom is -0.486 e. The number of rotatable bonds is 8. The normalized spacial score (nSPS) is 15.9. The molecule has 2 heterocycles. The van der Waals surface area contributed by atoms with Gasteiger partial charge in [-0.3, -0.25) is 4.79 Å². The molecule has 27 heavy (non-hydrogen) atoms. The number of hydrogen-bond donors (Lipinski definition) is 0. The fourth-order valence-electron chi connectivity index (χ4n) is 2.89. The number of nitrogens with zero attached hydrogens (tertiary/aromatic N) is 2. The summed E-state index contributed by atoms with van der Waals surface area (Å²) in [6, 6.07) is 3.42. The summed E-state index contributed by atoms with van der Waals surface area (Å²) < 4.78 is 23.2. The first-order chi connectivity index (χ1) is 13.0. The number of esters is 2. The number of aromatic nitrogens is 2. The molecule has 0 amide bonds. The highest BCUT2D eigenvalue weighted by Crippen LogP contribution is 2.32. The van der Waals surface area contributed by atoms with Crippen LogP contribution in [0.3, 0.4) is 0 Å². The predicted molar refractivity (Wildman–Crippen MR) is 96.6 cm³/mol. The zero-order chi connectivity index (χ0) is 19.4. The molecule has 2 aromatic rings. The molecule has 0 aliphatic carbocycles. The van der Waals surface area contributed by atoms with E-state index in [2.05, 4.69) is 11.6 Å². The summed E-state index contributed by atoms with van der Waals surface area (Å²) in [4.78, 5) is 28.0. The number of methoxy groups -OCH3 is 1. The van der Waals surface area contributed by atoms with Gasteiger partial charge in [-0.15, -0.1) is 0 Å². The van der Waals surface area contributed by atoms with Crippen LogP contribution in [-0.2, 0) is 32.2 Å². The molecule has 144 valence electrons. The molecule has 0 bridgehead atoms. The van der Waals surface area contributed by atoms with Crippen LogP contribution in [0, 0.1) is 0 Å². The SMILES string of the molecule is C=CCOc1c(C(=O)OC)ccc2c1nc(COC(C)=O)n2C[C@@H]1CCO1. The van der Waals surface area contributed by atoms with E-state index in [0.717, 1.165) is 18.5 Å². The lowest BCUT2D eigenvalue weighted by atomic mass is 10.1. The molecule has 8 nitrogen and oxygen atoms in total. The summed E-state index contributed by atoms with van der Waals surface area (Å²) in [6.07, 6.45) is 2.61. The monoisotopic (exact) mass is 374 g/mol. The largest absolute Gasteiger partial charge is 0.486 e. The lowest BCUT2D eigenvalue weighted by molar-refractivity contribution is -0.142. The predicted octanol–water partition coefficient (Wildman–Crippen LogP) is 2.24. The topological polar surface area (TPSA) is 88.9 Å². The van der Waals surface area contributed by atoms with Crippen molar-refractivity contribution in [3.05, 3.63) is 36.2 Å². The van der Waals surface area contributed by atoms with Gasteiger partial charge in [0.05, 0.1) is 25.3 Å². The molecule has 1 saturated heterocycles. The zero-order valence-corrected chi connectivity index (χ0v) is 15.4. The third-order valence-electron chi connectivity index (χ3n) is 4.29. The van der Waals surface area contributed by atoms with Crippen molar-refractivity contribution >= 4 is 23.0 Å². The molecule has 0 radical (unpaired) electrons. The van der Waals surface area contributed by atoms with E-state index in [1.54, 1.807) is 18.2 Å². The molecule has 0 saturated carbocycles. The van der Waals surface area contributed by atoms with Gasteiger partial charge in [-0.05, 0) is 18.6 Å². The standard InChI is InChI=1S/C19H22N2O6/c1-4-8-26-18-14(19(23)24-3)5-6-15-17(18)20-16(11-27-12(2)22)21(15)10-13-7-9-25-13/h4-6,13H,1,7-11H2,2-3H3/t13-/m0/s1. The Hall–Kier alpha value is -2.87. The van der Waals surface area contributed by atoms with Crippen molar-refractivity contribution in [2.75, 3.05) is 20.3 Å². The lowest BCUT2D eigenvalue weighted by Crippen LogP contribution is -2.31. The van der Waals surface area contributed by atoms with Crippen LogP contribution in [0.15, 0.2) is 24.8 Å². The minimum absolute atomic E-state index is 0.0190. The Balaban J connectivity index is 2.11. The average Bonchev–Trinajstić information content (AvgIpc) is 2.97. The third-order valence-corrected chi connectivity index (χ3v) is 4.29. The van der Waals surface area contributed by atoms with Crippen LogP contribution in [-0.4, -0.2) is 47.9 Å². The fraction of sp³-hybridized carbons (Fsp3) is 0.421. The summed E-state index contributed by atoms with van der Waals surface area (Å²) in [7, 11) is 1.31.